The van der Waals surface area contributed by atoms with Gasteiger partial charge in [0.05, 0.1) is 12.7 Å². The van der Waals surface area contributed by atoms with Crippen LogP contribution < -0.4 is 9.80 Å². The minimum absolute atomic E-state index is 0.305. The molecule has 1 aliphatic heterocycles. The van der Waals surface area contributed by atoms with Crippen molar-refractivity contribution in [2.75, 3.05) is 36.5 Å². The number of anilines is 2. The van der Waals surface area contributed by atoms with Gasteiger partial charge < -0.3 is 14.5 Å². The zero-order chi connectivity index (χ0) is 17.1. The molecule has 1 fully saturated rings. The van der Waals surface area contributed by atoms with Crippen molar-refractivity contribution in [1.29, 1.82) is 0 Å². The van der Waals surface area contributed by atoms with E-state index in [-0.39, 0.29) is 5.97 Å². The van der Waals surface area contributed by atoms with Gasteiger partial charge in [-0.05, 0) is 59.3 Å². The Kier molecular flexibility index (Phi) is 5.04. The van der Waals surface area contributed by atoms with Crippen molar-refractivity contribution in [2.45, 2.75) is 13.0 Å². The Balaban J connectivity index is 1.68. The first-order valence-corrected chi connectivity index (χ1v) is 8.69. The molecule has 126 valence electrons. The number of rotatable bonds is 3. The van der Waals surface area contributed by atoms with Gasteiger partial charge in [0.15, 0.2) is 0 Å². The van der Waals surface area contributed by atoms with E-state index >= 15 is 0 Å². The Morgan fingerprint density at radius 1 is 1.21 bits per heavy atom. The largest absolute Gasteiger partial charge is 0.465 e. The molecule has 0 bridgehead atoms. The van der Waals surface area contributed by atoms with E-state index in [4.69, 9.17) is 4.74 Å². The third-order valence-electron chi connectivity index (χ3n) is 4.29. The van der Waals surface area contributed by atoms with Gasteiger partial charge in [-0.25, -0.2) is 9.78 Å². The van der Waals surface area contributed by atoms with Crippen LogP contribution in [-0.2, 0) is 4.74 Å². The number of hydrogen-bond acceptors (Lipinski definition) is 5. The van der Waals surface area contributed by atoms with Crippen molar-refractivity contribution in [3.63, 3.8) is 0 Å². The number of benzene rings is 1. The van der Waals surface area contributed by atoms with E-state index in [1.54, 1.807) is 0 Å². The van der Waals surface area contributed by atoms with Crippen LogP contribution in [0.2, 0.25) is 0 Å². The summed E-state index contributed by atoms with van der Waals surface area (Å²) in [5, 5.41) is 0. The highest BCUT2D eigenvalue weighted by Crippen LogP contribution is 2.24. The summed E-state index contributed by atoms with van der Waals surface area (Å²) in [5.41, 5.74) is 1.70. The van der Waals surface area contributed by atoms with Crippen LogP contribution in [0.4, 0.5) is 11.5 Å². The van der Waals surface area contributed by atoms with E-state index in [0.717, 1.165) is 35.6 Å². The summed E-state index contributed by atoms with van der Waals surface area (Å²) in [7, 11) is 1.40. The van der Waals surface area contributed by atoms with Crippen molar-refractivity contribution < 1.29 is 9.53 Å². The molecule has 1 aliphatic rings. The van der Waals surface area contributed by atoms with Gasteiger partial charge in [-0.3, -0.25) is 0 Å². The zero-order valence-corrected chi connectivity index (χ0v) is 15.4. The van der Waals surface area contributed by atoms with Crippen LogP contribution >= 0.6 is 15.9 Å². The molecule has 5 nitrogen and oxygen atoms in total. The fourth-order valence-electron chi connectivity index (χ4n) is 3.00. The second kappa shape index (κ2) is 7.21. The highest BCUT2D eigenvalue weighted by molar-refractivity contribution is 9.10. The quantitative estimate of drug-likeness (QED) is 0.753. The van der Waals surface area contributed by atoms with Crippen LogP contribution in [0.5, 0.6) is 0 Å². The number of esters is 1. The van der Waals surface area contributed by atoms with Crippen molar-refractivity contribution in [3.05, 3.63) is 52.6 Å². The summed E-state index contributed by atoms with van der Waals surface area (Å²) in [4.78, 5) is 20.7. The molecule has 0 radical (unpaired) electrons. The summed E-state index contributed by atoms with van der Waals surface area (Å²) in [6.45, 7) is 4.95. The monoisotopic (exact) mass is 389 g/mol. The second-order valence-corrected chi connectivity index (χ2v) is 6.78. The Hall–Kier alpha value is -2.08. The number of piperazine rings is 1. The van der Waals surface area contributed by atoms with Gasteiger partial charge in [0.1, 0.15) is 5.82 Å². The third-order valence-corrected chi connectivity index (χ3v) is 4.76. The van der Waals surface area contributed by atoms with Crippen molar-refractivity contribution in [1.82, 2.24) is 4.98 Å². The average molecular weight is 390 g/mol. The van der Waals surface area contributed by atoms with Crippen LogP contribution in [0.25, 0.3) is 0 Å². The molecule has 1 saturated heterocycles. The number of methoxy groups -OCH3 is 1. The van der Waals surface area contributed by atoms with E-state index in [2.05, 4.69) is 37.6 Å². The van der Waals surface area contributed by atoms with E-state index in [1.165, 1.54) is 7.11 Å². The lowest BCUT2D eigenvalue weighted by Gasteiger charge is -2.41. The van der Waals surface area contributed by atoms with E-state index in [0.29, 0.717) is 11.6 Å². The summed E-state index contributed by atoms with van der Waals surface area (Å²) in [6.07, 6.45) is 1.83. The van der Waals surface area contributed by atoms with E-state index < -0.39 is 0 Å². The summed E-state index contributed by atoms with van der Waals surface area (Å²) >= 11 is 3.42. The molecule has 1 unspecified atom stereocenters. The lowest BCUT2D eigenvalue weighted by Crippen LogP contribution is -2.52. The van der Waals surface area contributed by atoms with Gasteiger partial charge in [0.2, 0.25) is 0 Å². The van der Waals surface area contributed by atoms with Gasteiger partial charge >= 0.3 is 5.97 Å². The molecule has 0 amide bonds. The Labute approximate surface area is 150 Å². The number of nitrogens with zero attached hydrogens (tertiary/aromatic N) is 3. The molecule has 6 heteroatoms. The van der Waals surface area contributed by atoms with Gasteiger partial charge in [0.25, 0.3) is 0 Å². The predicted octanol–water partition coefficient (Wildman–Crippen LogP) is 3.35. The number of carbonyl (C=O) groups excluding carboxylic acids is 1. The first-order chi connectivity index (χ1) is 11.6. The molecule has 3 rings (SSSR count). The molecule has 0 aliphatic carbocycles. The Bertz CT molecular complexity index is 703. The number of ether oxygens (including phenoxy) is 1. The highest BCUT2D eigenvalue weighted by atomic mass is 79.9. The van der Waals surface area contributed by atoms with Gasteiger partial charge in [-0.1, -0.05) is 0 Å². The molecule has 0 N–H and O–H groups in total. The maximum atomic E-state index is 11.5. The average Bonchev–Trinajstić information content (AvgIpc) is 2.62. The number of aromatic nitrogens is 1. The maximum absolute atomic E-state index is 11.5. The van der Waals surface area contributed by atoms with Crippen molar-refractivity contribution in [2.24, 2.45) is 0 Å². The maximum Gasteiger partial charge on any atom is 0.337 e. The smallest absolute Gasteiger partial charge is 0.337 e. The third kappa shape index (κ3) is 3.53. The number of hydrogen-bond donors (Lipinski definition) is 0. The van der Waals surface area contributed by atoms with Gasteiger partial charge in [-0.15, -0.1) is 0 Å². The Morgan fingerprint density at radius 2 is 1.96 bits per heavy atom. The normalized spacial score (nSPS) is 17.7. The van der Waals surface area contributed by atoms with Crippen molar-refractivity contribution >= 4 is 33.4 Å². The summed E-state index contributed by atoms with van der Waals surface area (Å²) < 4.78 is 5.73. The van der Waals surface area contributed by atoms with E-state index in [1.807, 2.05) is 42.6 Å². The molecule has 24 heavy (non-hydrogen) atoms. The first-order valence-electron chi connectivity index (χ1n) is 7.90. The highest BCUT2D eigenvalue weighted by Gasteiger charge is 2.25. The minimum Gasteiger partial charge on any atom is -0.465 e. The van der Waals surface area contributed by atoms with E-state index in [9.17, 15) is 4.79 Å². The van der Waals surface area contributed by atoms with Crippen LogP contribution in [0.3, 0.4) is 0 Å². The lowest BCUT2D eigenvalue weighted by atomic mass is 10.1. The molecule has 1 aromatic heterocycles. The number of halogens is 1. The molecule has 0 spiro atoms. The van der Waals surface area contributed by atoms with Gasteiger partial charge in [0, 0.05) is 42.0 Å². The lowest BCUT2D eigenvalue weighted by molar-refractivity contribution is 0.0601. The second-order valence-electron chi connectivity index (χ2n) is 5.86. The molecular formula is C18H20BrN3O2. The SMILES string of the molecule is COC(=O)c1ccc(N2CCN(c3ccc(Br)cn3)C(C)C2)cc1. The summed E-state index contributed by atoms with van der Waals surface area (Å²) in [6, 6.07) is 12.0. The Morgan fingerprint density at radius 3 is 2.54 bits per heavy atom. The molecule has 1 aromatic carbocycles. The fourth-order valence-corrected chi connectivity index (χ4v) is 3.23. The molecule has 2 aromatic rings. The number of carbonyl (C=O) groups is 1. The fraction of sp³-hybridized carbons (Fsp3) is 0.333. The first kappa shape index (κ1) is 16.8. The van der Waals surface area contributed by atoms with Gasteiger partial charge in [-0.2, -0.15) is 0 Å². The van der Waals surface area contributed by atoms with Crippen LogP contribution in [0.1, 0.15) is 17.3 Å². The van der Waals surface area contributed by atoms with Crippen LogP contribution in [0, 0.1) is 0 Å². The standard InChI is InChI=1S/C18H20BrN3O2/c1-13-12-21(16-6-3-14(4-7-16)18(23)24-2)9-10-22(13)17-8-5-15(19)11-20-17/h3-8,11,13H,9-10,12H2,1-2H3. The molecule has 1 atom stereocenters. The zero-order valence-electron chi connectivity index (χ0n) is 13.8. The summed E-state index contributed by atoms with van der Waals surface area (Å²) in [5.74, 6) is 0.701. The van der Waals surface area contributed by atoms with Crippen LogP contribution in [-0.4, -0.2) is 43.7 Å². The predicted molar refractivity (Wildman–Crippen MR) is 98.7 cm³/mol. The van der Waals surface area contributed by atoms with Crippen LogP contribution in [0.15, 0.2) is 47.1 Å². The molecule has 2 heterocycles. The minimum atomic E-state index is -0.305. The number of pyridine rings is 1. The molecular weight excluding hydrogens is 370 g/mol. The van der Waals surface area contributed by atoms with Crippen molar-refractivity contribution in [3.8, 4) is 0 Å². The molecule has 0 saturated carbocycles. The topological polar surface area (TPSA) is 45.7 Å².